The van der Waals surface area contributed by atoms with Crippen molar-refractivity contribution in [3.63, 3.8) is 0 Å². The highest BCUT2D eigenvalue weighted by Crippen LogP contribution is 2.49. The predicted octanol–water partition coefficient (Wildman–Crippen LogP) is 3.10. The van der Waals surface area contributed by atoms with Crippen molar-refractivity contribution in [1.29, 1.82) is 0 Å². The maximum Gasteiger partial charge on any atom is 0.178 e. The van der Waals surface area contributed by atoms with E-state index >= 15 is 0 Å². The normalized spacial score (nSPS) is 29.5. The van der Waals surface area contributed by atoms with E-state index < -0.39 is 21.0 Å². The first-order valence-electron chi connectivity index (χ1n) is 8.24. The van der Waals surface area contributed by atoms with Crippen molar-refractivity contribution in [1.82, 2.24) is 0 Å². The quantitative estimate of drug-likeness (QED) is 0.700. The number of carbonyl (C=O) groups is 4. The highest BCUT2D eigenvalue weighted by molar-refractivity contribution is 8.09. The summed E-state index contributed by atoms with van der Waals surface area (Å²) in [5.74, 6) is -0.499. The molecule has 1 aliphatic heterocycles. The molecule has 26 heavy (non-hydrogen) atoms. The predicted molar refractivity (Wildman–Crippen MR) is 101 cm³/mol. The van der Waals surface area contributed by atoms with Crippen molar-refractivity contribution >= 4 is 46.7 Å². The third-order valence-corrected chi connectivity index (χ3v) is 8.55. The number of benzene rings is 2. The van der Waals surface area contributed by atoms with E-state index in [1.807, 2.05) is 0 Å². The second kappa shape index (κ2) is 5.66. The van der Waals surface area contributed by atoms with Gasteiger partial charge in [0.15, 0.2) is 23.1 Å². The molecule has 3 aliphatic rings. The third kappa shape index (κ3) is 2.06. The van der Waals surface area contributed by atoms with Crippen LogP contribution in [0, 0.1) is 0 Å². The van der Waals surface area contributed by atoms with Gasteiger partial charge in [0.1, 0.15) is 0 Å². The van der Waals surface area contributed by atoms with E-state index in [0.29, 0.717) is 22.3 Å². The molecule has 0 aromatic heterocycles. The van der Waals surface area contributed by atoms with E-state index in [1.165, 1.54) is 23.5 Å². The molecule has 4 nitrogen and oxygen atoms in total. The minimum absolute atomic E-state index is 0.125. The minimum Gasteiger partial charge on any atom is -0.293 e. The Hall–Kier alpha value is -2.18. The van der Waals surface area contributed by atoms with E-state index in [1.54, 1.807) is 48.5 Å². The number of fused-ring (bicyclic) bond motifs is 4. The van der Waals surface area contributed by atoms with Crippen molar-refractivity contribution < 1.29 is 19.2 Å². The number of thioether (sulfide) groups is 2. The topological polar surface area (TPSA) is 68.3 Å². The van der Waals surface area contributed by atoms with Gasteiger partial charge in [-0.25, -0.2) is 0 Å². The summed E-state index contributed by atoms with van der Waals surface area (Å²) >= 11 is 2.38. The van der Waals surface area contributed by atoms with Gasteiger partial charge < -0.3 is 0 Å². The van der Waals surface area contributed by atoms with Crippen LogP contribution in [0.2, 0.25) is 0 Å². The van der Waals surface area contributed by atoms with Crippen LogP contribution >= 0.6 is 23.5 Å². The van der Waals surface area contributed by atoms with Crippen molar-refractivity contribution in [3.8, 4) is 0 Å². The molecule has 1 heterocycles. The van der Waals surface area contributed by atoms with Gasteiger partial charge in [0.05, 0.1) is 21.0 Å². The van der Waals surface area contributed by atoms with Gasteiger partial charge in [-0.05, 0) is 0 Å². The number of hydrogen-bond acceptors (Lipinski definition) is 6. The SMILES string of the molecule is O=C1c2ccccc2C(=O)[C@@H]2S[C@H]3C(=O)c4ccccc4C(=O)[C@@H]3S[C@@H]12. The standard InChI is InChI=1S/C20H12O4S2/c21-13-9-5-1-2-6-10(9)14(22)18-17(13)25-19-15(23)11-7-3-4-8-12(11)16(24)20(19)26-18/h1-8,17-20H/t17-,18-,19-,20-/m0/s1. The Morgan fingerprint density at radius 2 is 0.692 bits per heavy atom. The third-order valence-electron chi connectivity index (χ3n) is 5.09. The Morgan fingerprint density at radius 3 is 0.923 bits per heavy atom. The Labute approximate surface area is 157 Å². The molecule has 0 unspecified atom stereocenters. The zero-order chi connectivity index (χ0) is 18.0. The highest BCUT2D eigenvalue weighted by atomic mass is 32.2. The average Bonchev–Trinajstić information content (AvgIpc) is 2.69. The zero-order valence-electron chi connectivity index (χ0n) is 13.4. The van der Waals surface area contributed by atoms with Crippen LogP contribution < -0.4 is 0 Å². The van der Waals surface area contributed by atoms with Crippen LogP contribution in [-0.2, 0) is 0 Å². The Balaban J connectivity index is 1.60. The molecule has 6 heteroatoms. The van der Waals surface area contributed by atoms with Crippen LogP contribution in [-0.4, -0.2) is 44.1 Å². The summed E-state index contributed by atoms with van der Waals surface area (Å²) in [5.41, 5.74) is 1.67. The molecule has 2 aromatic carbocycles. The van der Waals surface area contributed by atoms with E-state index in [0.717, 1.165) is 0 Å². The number of Topliss-reactive ketones (excluding diaryl/α,β-unsaturated/α-hetero) is 4. The maximum atomic E-state index is 12.9. The van der Waals surface area contributed by atoms with Crippen molar-refractivity contribution in [2.24, 2.45) is 0 Å². The Bertz CT molecular complexity index is 853. The van der Waals surface area contributed by atoms with Gasteiger partial charge in [0, 0.05) is 22.3 Å². The maximum absolute atomic E-state index is 12.9. The molecule has 5 rings (SSSR count). The molecule has 2 aromatic rings. The van der Waals surface area contributed by atoms with E-state index in [-0.39, 0.29) is 23.1 Å². The zero-order valence-corrected chi connectivity index (χ0v) is 15.0. The molecule has 1 saturated heterocycles. The summed E-state index contributed by atoms with van der Waals surface area (Å²) in [6.07, 6.45) is 0. The lowest BCUT2D eigenvalue weighted by Crippen LogP contribution is -2.53. The van der Waals surface area contributed by atoms with Crippen molar-refractivity contribution in [2.75, 3.05) is 0 Å². The molecule has 1 fully saturated rings. The van der Waals surface area contributed by atoms with Crippen molar-refractivity contribution in [2.45, 2.75) is 21.0 Å². The van der Waals surface area contributed by atoms with E-state index in [4.69, 9.17) is 0 Å². The minimum atomic E-state index is -0.620. The first-order valence-corrected chi connectivity index (χ1v) is 10.1. The fraction of sp³-hybridized carbons (Fsp3) is 0.200. The van der Waals surface area contributed by atoms with Crippen LogP contribution in [0.3, 0.4) is 0 Å². The molecular formula is C20H12O4S2. The van der Waals surface area contributed by atoms with Gasteiger partial charge in [-0.1, -0.05) is 48.5 Å². The number of ketones is 4. The van der Waals surface area contributed by atoms with Gasteiger partial charge >= 0.3 is 0 Å². The summed E-state index contributed by atoms with van der Waals surface area (Å²) in [4.78, 5) is 51.7. The van der Waals surface area contributed by atoms with Crippen LogP contribution in [0.25, 0.3) is 0 Å². The monoisotopic (exact) mass is 380 g/mol. The molecule has 0 bridgehead atoms. The largest absolute Gasteiger partial charge is 0.293 e. The number of rotatable bonds is 0. The van der Waals surface area contributed by atoms with Crippen LogP contribution in [0.4, 0.5) is 0 Å². The van der Waals surface area contributed by atoms with Gasteiger partial charge in [0.25, 0.3) is 0 Å². The fourth-order valence-electron chi connectivity index (χ4n) is 3.84. The molecule has 2 aliphatic carbocycles. The number of hydrogen-bond donors (Lipinski definition) is 0. The summed E-state index contributed by atoms with van der Waals surface area (Å²) in [6, 6.07) is 13.6. The second-order valence-corrected chi connectivity index (χ2v) is 9.08. The molecule has 4 atom stereocenters. The Morgan fingerprint density at radius 1 is 0.462 bits per heavy atom. The van der Waals surface area contributed by atoms with E-state index in [2.05, 4.69) is 0 Å². The fourth-order valence-corrected chi connectivity index (χ4v) is 7.31. The summed E-state index contributed by atoms with van der Waals surface area (Å²) < 4.78 is 0. The lowest BCUT2D eigenvalue weighted by atomic mass is 9.88. The van der Waals surface area contributed by atoms with Gasteiger partial charge in [-0.15, -0.1) is 23.5 Å². The number of carbonyl (C=O) groups excluding carboxylic acids is 4. The van der Waals surface area contributed by atoms with Crippen LogP contribution in [0.5, 0.6) is 0 Å². The molecule has 0 spiro atoms. The highest BCUT2D eigenvalue weighted by Gasteiger charge is 2.54. The van der Waals surface area contributed by atoms with Crippen LogP contribution in [0.15, 0.2) is 48.5 Å². The summed E-state index contributed by atoms with van der Waals surface area (Å²) in [6.45, 7) is 0. The molecule has 128 valence electrons. The Kier molecular flexibility index (Phi) is 3.49. The molecular weight excluding hydrogens is 368 g/mol. The molecule has 0 N–H and O–H groups in total. The average molecular weight is 380 g/mol. The van der Waals surface area contributed by atoms with Gasteiger partial charge in [-0.2, -0.15) is 0 Å². The lowest BCUT2D eigenvalue weighted by Gasteiger charge is -2.42. The van der Waals surface area contributed by atoms with Gasteiger partial charge in [-0.3, -0.25) is 19.2 Å². The molecule has 0 saturated carbocycles. The van der Waals surface area contributed by atoms with E-state index in [9.17, 15) is 19.2 Å². The van der Waals surface area contributed by atoms with Crippen molar-refractivity contribution in [3.05, 3.63) is 70.8 Å². The summed E-state index contributed by atoms with van der Waals surface area (Å²) in [5, 5.41) is -2.48. The van der Waals surface area contributed by atoms with Crippen LogP contribution in [0.1, 0.15) is 41.4 Å². The first kappa shape index (κ1) is 16.0. The molecule has 0 amide bonds. The lowest BCUT2D eigenvalue weighted by molar-refractivity contribution is 0.0884. The summed E-state index contributed by atoms with van der Waals surface area (Å²) in [7, 11) is 0. The van der Waals surface area contributed by atoms with Gasteiger partial charge in [0.2, 0.25) is 0 Å². The smallest absolute Gasteiger partial charge is 0.178 e. The molecule has 0 radical (unpaired) electrons. The first-order chi connectivity index (χ1) is 12.6. The second-order valence-electron chi connectivity index (χ2n) is 6.50.